The highest BCUT2D eigenvalue weighted by Gasteiger charge is 2.48. The molecule has 2 bridgehead atoms. The van der Waals surface area contributed by atoms with Gasteiger partial charge in [0.25, 0.3) is 0 Å². The number of hydrogen-bond acceptors (Lipinski definition) is 3. The molecule has 0 radical (unpaired) electrons. The van der Waals surface area contributed by atoms with Gasteiger partial charge in [0.1, 0.15) is 0 Å². The molecular weight excluding hydrogens is 230 g/mol. The van der Waals surface area contributed by atoms with Gasteiger partial charge in [0.2, 0.25) is 11.8 Å². The van der Waals surface area contributed by atoms with Gasteiger partial charge in [-0.15, -0.1) is 0 Å². The molecule has 0 saturated heterocycles. The second kappa shape index (κ2) is 5.69. The van der Waals surface area contributed by atoms with E-state index in [9.17, 15) is 9.59 Å². The zero-order valence-electron chi connectivity index (χ0n) is 10.9. The molecule has 0 spiro atoms. The van der Waals surface area contributed by atoms with Crippen molar-refractivity contribution in [3.8, 4) is 0 Å². The average Bonchev–Trinajstić information content (AvgIpc) is 2.94. The van der Waals surface area contributed by atoms with Crippen LogP contribution in [0.4, 0.5) is 0 Å². The van der Waals surface area contributed by atoms with Gasteiger partial charge in [0.15, 0.2) is 0 Å². The summed E-state index contributed by atoms with van der Waals surface area (Å²) in [4.78, 5) is 23.5. The lowest BCUT2D eigenvalue weighted by atomic mass is 9.84. The zero-order valence-corrected chi connectivity index (χ0v) is 10.9. The van der Waals surface area contributed by atoms with E-state index in [0.717, 1.165) is 25.7 Å². The fraction of sp³-hybridized carbons (Fsp3) is 0.846. The Morgan fingerprint density at radius 1 is 1.22 bits per heavy atom. The molecule has 0 aliphatic heterocycles. The number of hydrogen-bond donors (Lipinski definition) is 3. The maximum atomic E-state index is 12.1. The maximum absolute atomic E-state index is 12.1. The Labute approximate surface area is 108 Å². The van der Waals surface area contributed by atoms with E-state index in [1.807, 2.05) is 6.92 Å². The molecule has 2 saturated carbocycles. The van der Waals surface area contributed by atoms with Gasteiger partial charge in [0, 0.05) is 12.6 Å². The average molecular weight is 253 g/mol. The first-order chi connectivity index (χ1) is 8.63. The van der Waals surface area contributed by atoms with E-state index in [4.69, 9.17) is 5.73 Å². The summed E-state index contributed by atoms with van der Waals surface area (Å²) in [5, 5.41) is 5.46. The third kappa shape index (κ3) is 2.66. The number of amides is 2. The summed E-state index contributed by atoms with van der Waals surface area (Å²) in [6.07, 6.45) is 4.25. The summed E-state index contributed by atoms with van der Waals surface area (Å²) in [7, 11) is 0. The van der Waals surface area contributed by atoms with E-state index in [1.54, 1.807) is 0 Å². The Bertz CT molecular complexity index is 330. The van der Waals surface area contributed by atoms with Gasteiger partial charge in [-0.3, -0.25) is 9.59 Å². The lowest BCUT2D eigenvalue weighted by Crippen LogP contribution is -2.47. The third-order valence-corrected chi connectivity index (χ3v) is 4.28. The maximum Gasteiger partial charge on any atom is 0.239 e. The van der Waals surface area contributed by atoms with E-state index >= 15 is 0 Å². The van der Waals surface area contributed by atoms with Crippen molar-refractivity contribution in [1.82, 2.24) is 10.6 Å². The van der Waals surface area contributed by atoms with Crippen LogP contribution in [0.25, 0.3) is 0 Å². The van der Waals surface area contributed by atoms with Crippen molar-refractivity contribution in [3.63, 3.8) is 0 Å². The van der Waals surface area contributed by atoms with Gasteiger partial charge in [-0.05, 0) is 37.5 Å². The first kappa shape index (κ1) is 13.3. The van der Waals surface area contributed by atoms with Crippen molar-refractivity contribution in [2.45, 2.75) is 38.6 Å². The first-order valence-electron chi connectivity index (χ1n) is 6.93. The van der Waals surface area contributed by atoms with Crippen LogP contribution in [0.1, 0.15) is 32.6 Å². The van der Waals surface area contributed by atoms with E-state index in [2.05, 4.69) is 10.6 Å². The summed E-state index contributed by atoms with van der Waals surface area (Å²) in [6.45, 7) is 2.72. The van der Waals surface area contributed by atoms with Crippen molar-refractivity contribution in [3.05, 3.63) is 0 Å². The van der Waals surface area contributed by atoms with Gasteiger partial charge >= 0.3 is 0 Å². The topological polar surface area (TPSA) is 84.2 Å². The number of carbonyl (C=O) groups excluding carboxylic acids is 2. The van der Waals surface area contributed by atoms with E-state index < -0.39 is 0 Å². The van der Waals surface area contributed by atoms with Crippen molar-refractivity contribution in [1.29, 1.82) is 0 Å². The number of carbonyl (C=O) groups is 2. The second-order valence-corrected chi connectivity index (χ2v) is 5.50. The summed E-state index contributed by atoms with van der Waals surface area (Å²) in [6, 6.07) is -0.0116. The number of rotatable bonds is 5. The fourth-order valence-corrected chi connectivity index (χ4v) is 3.34. The van der Waals surface area contributed by atoms with Crippen LogP contribution in [0.15, 0.2) is 0 Å². The molecule has 2 aliphatic rings. The molecule has 0 aromatic carbocycles. The van der Waals surface area contributed by atoms with Crippen LogP contribution in [0, 0.1) is 17.8 Å². The Morgan fingerprint density at radius 3 is 2.56 bits per heavy atom. The van der Waals surface area contributed by atoms with Crippen LogP contribution >= 0.6 is 0 Å². The summed E-state index contributed by atoms with van der Waals surface area (Å²) in [5.74, 6) is 0.703. The minimum absolute atomic E-state index is 0.0116. The van der Waals surface area contributed by atoms with Gasteiger partial charge < -0.3 is 16.4 Å². The number of nitrogens with two attached hydrogens (primary N) is 1. The zero-order chi connectivity index (χ0) is 13.1. The molecule has 2 fully saturated rings. The molecule has 4 atom stereocenters. The van der Waals surface area contributed by atoms with Gasteiger partial charge in [-0.1, -0.05) is 6.92 Å². The highest BCUT2D eigenvalue weighted by molar-refractivity contribution is 5.86. The lowest BCUT2D eigenvalue weighted by Gasteiger charge is -2.26. The Kier molecular flexibility index (Phi) is 4.22. The van der Waals surface area contributed by atoms with Crippen molar-refractivity contribution < 1.29 is 9.59 Å². The summed E-state index contributed by atoms with van der Waals surface area (Å²) >= 11 is 0. The predicted molar refractivity (Wildman–Crippen MR) is 68.6 cm³/mol. The quantitative estimate of drug-likeness (QED) is 0.645. The molecule has 5 nitrogen and oxygen atoms in total. The van der Waals surface area contributed by atoms with Crippen LogP contribution in [-0.4, -0.2) is 30.9 Å². The molecule has 0 heterocycles. The molecule has 2 amide bonds. The number of fused-ring (bicyclic) bond motifs is 2. The number of nitrogens with one attached hydrogen (secondary N) is 2. The second-order valence-electron chi connectivity index (χ2n) is 5.50. The van der Waals surface area contributed by atoms with Crippen molar-refractivity contribution >= 4 is 11.8 Å². The molecule has 4 unspecified atom stereocenters. The van der Waals surface area contributed by atoms with Crippen molar-refractivity contribution in [2.75, 3.05) is 13.1 Å². The van der Waals surface area contributed by atoms with Gasteiger partial charge in [-0.25, -0.2) is 0 Å². The van der Waals surface area contributed by atoms with Crippen LogP contribution < -0.4 is 16.4 Å². The minimum Gasteiger partial charge on any atom is -0.355 e. The molecule has 0 aromatic heterocycles. The molecule has 4 N–H and O–H groups in total. The molecule has 2 aliphatic carbocycles. The Morgan fingerprint density at radius 2 is 1.94 bits per heavy atom. The SMILES string of the molecule is CCCNC(=O)CNC(=O)C1C2CCC(C2)C1N. The van der Waals surface area contributed by atoms with E-state index in [1.165, 1.54) is 0 Å². The molecule has 18 heavy (non-hydrogen) atoms. The van der Waals surface area contributed by atoms with Crippen LogP contribution in [0.2, 0.25) is 0 Å². The first-order valence-corrected chi connectivity index (χ1v) is 6.93. The Hall–Kier alpha value is -1.10. The molecule has 102 valence electrons. The van der Waals surface area contributed by atoms with Gasteiger partial charge in [-0.2, -0.15) is 0 Å². The molecule has 5 heteroatoms. The highest BCUT2D eigenvalue weighted by atomic mass is 16.2. The van der Waals surface area contributed by atoms with Crippen molar-refractivity contribution in [2.24, 2.45) is 23.5 Å². The lowest BCUT2D eigenvalue weighted by molar-refractivity contribution is -0.130. The molecule has 2 rings (SSSR count). The van der Waals surface area contributed by atoms with E-state index in [0.29, 0.717) is 18.4 Å². The van der Waals surface area contributed by atoms with Gasteiger partial charge in [0.05, 0.1) is 12.5 Å². The Balaban J connectivity index is 1.77. The third-order valence-electron chi connectivity index (χ3n) is 4.28. The largest absolute Gasteiger partial charge is 0.355 e. The smallest absolute Gasteiger partial charge is 0.239 e. The highest BCUT2D eigenvalue weighted by Crippen LogP contribution is 2.47. The van der Waals surface area contributed by atoms with Crippen LogP contribution in [0.5, 0.6) is 0 Å². The van der Waals surface area contributed by atoms with Crippen LogP contribution in [-0.2, 0) is 9.59 Å². The van der Waals surface area contributed by atoms with E-state index in [-0.39, 0.29) is 30.3 Å². The monoisotopic (exact) mass is 253 g/mol. The summed E-state index contributed by atoms with van der Waals surface area (Å²) in [5.41, 5.74) is 6.09. The summed E-state index contributed by atoms with van der Waals surface area (Å²) < 4.78 is 0. The van der Waals surface area contributed by atoms with Crippen LogP contribution in [0.3, 0.4) is 0 Å². The normalized spacial score (nSPS) is 33.4. The minimum atomic E-state index is -0.123. The standard InChI is InChI=1S/C13H23N3O2/c1-2-5-15-10(17)7-16-13(18)11-8-3-4-9(6-8)12(11)14/h8-9,11-12H,2-7,14H2,1H3,(H,15,17)(H,16,18). The molecule has 0 aromatic rings. The molecular formula is C13H23N3O2. The predicted octanol–water partition coefficient (Wildman–Crippen LogP) is 0.00220. The fourth-order valence-electron chi connectivity index (χ4n) is 3.34.